The molecule has 2 rings (SSSR count). The quantitative estimate of drug-likeness (QED) is 0.586. The second-order valence-corrected chi connectivity index (χ2v) is 5.79. The van der Waals surface area contributed by atoms with E-state index in [1.165, 1.54) is 31.3 Å². The molecule has 0 aromatic carbocycles. The molecule has 2 fully saturated rings. The Kier molecular flexibility index (Phi) is 3.04. The van der Waals surface area contributed by atoms with Gasteiger partial charge in [0.1, 0.15) is 0 Å². The molecule has 0 nitrogen and oxygen atoms in total. The van der Waals surface area contributed by atoms with Crippen LogP contribution in [-0.4, -0.2) is 0 Å². The van der Waals surface area contributed by atoms with Crippen LogP contribution >= 0.6 is 0 Å². The monoisotopic (exact) mass is 204 g/mol. The molecular formula is C15H24. The molecule has 0 radical (unpaired) electrons. The van der Waals surface area contributed by atoms with E-state index in [2.05, 4.69) is 33.4 Å². The van der Waals surface area contributed by atoms with Gasteiger partial charge in [-0.05, 0) is 56.3 Å². The van der Waals surface area contributed by atoms with Crippen LogP contribution in [0.15, 0.2) is 23.8 Å². The van der Waals surface area contributed by atoms with Gasteiger partial charge in [-0.25, -0.2) is 0 Å². The van der Waals surface area contributed by atoms with Crippen molar-refractivity contribution in [2.24, 2.45) is 23.7 Å². The van der Waals surface area contributed by atoms with E-state index < -0.39 is 0 Å². The highest BCUT2D eigenvalue weighted by Gasteiger charge is 2.39. The lowest BCUT2D eigenvalue weighted by atomic mass is 9.70. The van der Waals surface area contributed by atoms with Crippen LogP contribution in [0.2, 0.25) is 0 Å². The molecular weight excluding hydrogens is 180 g/mol. The molecule has 0 heteroatoms. The van der Waals surface area contributed by atoms with Crippen LogP contribution in [0.4, 0.5) is 0 Å². The van der Waals surface area contributed by atoms with Gasteiger partial charge in [0.2, 0.25) is 0 Å². The third-order valence-corrected chi connectivity index (χ3v) is 4.52. The Morgan fingerprint density at radius 3 is 2.60 bits per heavy atom. The molecule has 4 atom stereocenters. The Morgan fingerprint density at radius 2 is 1.93 bits per heavy atom. The van der Waals surface area contributed by atoms with E-state index >= 15 is 0 Å². The first-order chi connectivity index (χ1) is 7.09. The van der Waals surface area contributed by atoms with E-state index in [1.54, 1.807) is 5.57 Å². The summed E-state index contributed by atoms with van der Waals surface area (Å²) in [7, 11) is 0. The maximum atomic E-state index is 4.04. The summed E-state index contributed by atoms with van der Waals surface area (Å²) in [5.41, 5.74) is 2.94. The van der Waals surface area contributed by atoms with Crippen molar-refractivity contribution in [2.75, 3.05) is 0 Å². The summed E-state index contributed by atoms with van der Waals surface area (Å²) in [5.74, 6) is 3.62. The Morgan fingerprint density at radius 1 is 1.20 bits per heavy atom. The summed E-state index contributed by atoms with van der Waals surface area (Å²) in [6.45, 7) is 11.0. The molecule has 2 aliphatic carbocycles. The van der Waals surface area contributed by atoms with E-state index in [0.29, 0.717) is 0 Å². The predicted molar refractivity (Wildman–Crippen MR) is 66.7 cm³/mol. The number of hydrogen-bond acceptors (Lipinski definition) is 0. The standard InChI is InChI=1S/C15H24/c1-10(2)9-15-12(4)5-7-13-11(3)6-8-14(13)15/h9,11-14H,1,5-8H2,2-4H3/b15-9+/t11-,12-,13-,14+/m0/s1. The van der Waals surface area contributed by atoms with Crippen molar-refractivity contribution in [2.45, 2.75) is 46.5 Å². The highest BCUT2D eigenvalue weighted by atomic mass is 14.4. The first-order valence-corrected chi connectivity index (χ1v) is 6.46. The van der Waals surface area contributed by atoms with Crippen LogP contribution in [-0.2, 0) is 0 Å². The highest BCUT2D eigenvalue weighted by Crippen LogP contribution is 2.50. The number of rotatable bonds is 1. The lowest BCUT2D eigenvalue weighted by Crippen LogP contribution is -2.25. The van der Waals surface area contributed by atoms with Crippen LogP contribution < -0.4 is 0 Å². The molecule has 0 amide bonds. The smallest absolute Gasteiger partial charge is 0.0166 e. The predicted octanol–water partition coefficient (Wildman–Crippen LogP) is 4.58. The summed E-state index contributed by atoms with van der Waals surface area (Å²) in [4.78, 5) is 0. The number of allylic oxidation sites excluding steroid dienone is 3. The van der Waals surface area contributed by atoms with Crippen molar-refractivity contribution in [1.29, 1.82) is 0 Å². The summed E-state index contributed by atoms with van der Waals surface area (Å²) in [6, 6.07) is 0. The van der Waals surface area contributed by atoms with E-state index in [1.807, 2.05) is 0 Å². The zero-order chi connectivity index (χ0) is 11.0. The molecule has 0 aromatic heterocycles. The molecule has 0 heterocycles. The Labute approximate surface area is 94.5 Å². The third-order valence-electron chi connectivity index (χ3n) is 4.52. The molecule has 0 saturated heterocycles. The van der Waals surface area contributed by atoms with Crippen LogP contribution in [0, 0.1) is 23.7 Å². The van der Waals surface area contributed by atoms with Gasteiger partial charge in [0.15, 0.2) is 0 Å². The highest BCUT2D eigenvalue weighted by molar-refractivity contribution is 5.25. The number of fused-ring (bicyclic) bond motifs is 1. The van der Waals surface area contributed by atoms with Gasteiger partial charge in [-0.3, -0.25) is 0 Å². The largest absolute Gasteiger partial charge is 0.0961 e. The zero-order valence-electron chi connectivity index (χ0n) is 10.4. The van der Waals surface area contributed by atoms with Crippen molar-refractivity contribution in [3.8, 4) is 0 Å². The van der Waals surface area contributed by atoms with Gasteiger partial charge in [-0.2, -0.15) is 0 Å². The summed E-state index contributed by atoms with van der Waals surface area (Å²) < 4.78 is 0. The second-order valence-electron chi connectivity index (χ2n) is 5.79. The Balaban J connectivity index is 2.23. The van der Waals surface area contributed by atoms with Crippen molar-refractivity contribution < 1.29 is 0 Å². The van der Waals surface area contributed by atoms with Crippen molar-refractivity contribution >= 4 is 0 Å². The minimum absolute atomic E-state index is 0.799. The van der Waals surface area contributed by atoms with Gasteiger partial charge in [0.05, 0.1) is 0 Å². The van der Waals surface area contributed by atoms with E-state index in [0.717, 1.165) is 23.7 Å². The van der Waals surface area contributed by atoms with Crippen LogP contribution in [0.1, 0.15) is 46.5 Å². The molecule has 0 spiro atoms. The van der Waals surface area contributed by atoms with E-state index in [-0.39, 0.29) is 0 Å². The Bertz CT molecular complexity index is 284. The van der Waals surface area contributed by atoms with Crippen LogP contribution in [0.3, 0.4) is 0 Å². The molecule has 0 N–H and O–H groups in total. The zero-order valence-corrected chi connectivity index (χ0v) is 10.4. The molecule has 84 valence electrons. The normalized spacial score (nSPS) is 43.0. The average molecular weight is 204 g/mol. The summed E-state index contributed by atoms with van der Waals surface area (Å²) >= 11 is 0. The van der Waals surface area contributed by atoms with Gasteiger partial charge >= 0.3 is 0 Å². The summed E-state index contributed by atoms with van der Waals surface area (Å²) in [6.07, 6.45) is 8.09. The molecule has 15 heavy (non-hydrogen) atoms. The molecule has 2 aliphatic rings. The minimum Gasteiger partial charge on any atom is -0.0961 e. The van der Waals surface area contributed by atoms with Crippen molar-refractivity contribution in [1.82, 2.24) is 0 Å². The maximum Gasteiger partial charge on any atom is -0.0166 e. The first-order valence-electron chi connectivity index (χ1n) is 6.46. The fourth-order valence-corrected chi connectivity index (χ4v) is 3.68. The van der Waals surface area contributed by atoms with Gasteiger partial charge in [0, 0.05) is 0 Å². The van der Waals surface area contributed by atoms with Gasteiger partial charge < -0.3 is 0 Å². The SMILES string of the molecule is C=C(C)/C=C1\[C@@H](C)CC[C@H]2[C@@H](C)CC[C@@H]12. The molecule has 0 unspecified atom stereocenters. The molecule has 0 aromatic rings. The molecule has 0 bridgehead atoms. The lowest BCUT2D eigenvalue weighted by molar-refractivity contribution is 0.259. The minimum atomic E-state index is 0.799. The van der Waals surface area contributed by atoms with Crippen LogP contribution in [0.25, 0.3) is 0 Å². The maximum absolute atomic E-state index is 4.04. The molecule has 2 saturated carbocycles. The lowest BCUT2D eigenvalue weighted by Gasteiger charge is -2.35. The second kappa shape index (κ2) is 4.15. The summed E-state index contributed by atoms with van der Waals surface area (Å²) in [5, 5.41) is 0. The van der Waals surface area contributed by atoms with Gasteiger partial charge in [0.25, 0.3) is 0 Å². The van der Waals surface area contributed by atoms with E-state index in [9.17, 15) is 0 Å². The van der Waals surface area contributed by atoms with Crippen molar-refractivity contribution in [3.05, 3.63) is 23.8 Å². The average Bonchev–Trinajstić information content (AvgIpc) is 2.52. The van der Waals surface area contributed by atoms with Crippen molar-refractivity contribution in [3.63, 3.8) is 0 Å². The fourth-order valence-electron chi connectivity index (χ4n) is 3.68. The fraction of sp³-hybridized carbons (Fsp3) is 0.733. The van der Waals surface area contributed by atoms with Gasteiger partial charge in [-0.15, -0.1) is 0 Å². The Hall–Kier alpha value is -0.520. The van der Waals surface area contributed by atoms with Crippen LogP contribution in [0.5, 0.6) is 0 Å². The topological polar surface area (TPSA) is 0 Å². The number of hydrogen-bond donors (Lipinski definition) is 0. The van der Waals surface area contributed by atoms with E-state index in [4.69, 9.17) is 0 Å². The molecule has 0 aliphatic heterocycles. The third kappa shape index (κ3) is 2.04. The van der Waals surface area contributed by atoms with Gasteiger partial charge in [-0.1, -0.05) is 37.6 Å². The first kappa shape index (κ1) is 11.0.